The normalized spacial score (nSPS) is 26.3. The number of nitrogens with one attached hydrogen (secondary N) is 3. The average Bonchev–Trinajstić information content (AvgIpc) is 2.78. The van der Waals surface area contributed by atoms with Crippen molar-refractivity contribution in [2.75, 3.05) is 36.5 Å². The number of amides is 2. The summed E-state index contributed by atoms with van der Waals surface area (Å²) in [6.07, 6.45) is 4.29. The number of carbonyl (C=O) groups is 2. The molecule has 0 bridgehead atoms. The van der Waals surface area contributed by atoms with Gasteiger partial charge in [0.05, 0.1) is 12.0 Å². The highest BCUT2D eigenvalue weighted by atomic mass is 16.5. The summed E-state index contributed by atoms with van der Waals surface area (Å²) in [6, 6.07) is 2.32. The highest BCUT2D eigenvalue weighted by molar-refractivity contribution is 5.84. The van der Waals surface area contributed by atoms with Crippen LogP contribution in [-0.2, 0) is 9.59 Å². The van der Waals surface area contributed by atoms with Gasteiger partial charge >= 0.3 is 0 Å². The number of anilines is 2. The van der Waals surface area contributed by atoms with Crippen molar-refractivity contribution in [2.24, 2.45) is 11.3 Å². The monoisotopic (exact) mass is 433 g/mol. The molecule has 1 aliphatic carbocycles. The van der Waals surface area contributed by atoms with Crippen molar-refractivity contribution in [3.05, 3.63) is 11.8 Å². The van der Waals surface area contributed by atoms with Gasteiger partial charge in [0.15, 0.2) is 0 Å². The second-order valence-corrected chi connectivity index (χ2v) is 8.90. The van der Waals surface area contributed by atoms with Gasteiger partial charge in [-0.15, -0.1) is 0 Å². The Bertz CT molecular complexity index is 767. The van der Waals surface area contributed by atoms with Gasteiger partial charge < -0.3 is 10.2 Å². The molecule has 10 nitrogen and oxygen atoms in total. The van der Waals surface area contributed by atoms with Gasteiger partial charge in [0.2, 0.25) is 18.3 Å². The third kappa shape index (κ3) is 5.62. The van der Waals surface area contributed by atoms with E-state index in [1.165, 1.54) is 0 Å². The van der Waals surface area contributed by atoms with E-state index in [4.69, 9.17) is 0 Å². The molecule has 10 heteroatoms. The van der Waals surface area contributed by atoms with Gasteiger partial charge in [0, 0.05) is 37.4 Å². The third-order valence-corrected chi connectivity index (χ3v) is 6.54. The molecule has 1 saturated heterocycles. The lowest BCUT2D eigenvalue weighted by Gasteiger charge is -2.39. The summed E-state index contributed by atoms with van der Waals surface area (Å²) in [5.41, 5.74) is 5.57. The van der Waals surface area contributed by atoms with Crippen LogP contribution >= 0.6 is 0 Å². The van der Waals surface area contributed by atoms with Crippen LogP contribution in [0, 0.1) is 18.3 Å². The molecule has 4 N–H and O–H groups in total. The summed E-state index contributed by atoms with van der Waals surface area (Å²) < 4.78 is 0. The van der Waals surface area contributed by atoms with Gasteiger partial charge in [-0.1, -0.05) is 13.8 Å². The number of aromatic nitrogens is 2. The van der Waals surface area contributed by atoms with Crippen LogP contribution < -0.4 is 21.1 Å². The standard InChI is InChI=1S/C21H35N7O3/c1-4-17-12-22-9-10-28(17)18-11-16(3)23-20(24-18)26-25-19(30)21(13-27(31)14-29)7-5-15(2)6-8-21/h11,14-15,17,22,31H,4-10,12-13H2,1-3H3,(H,25,30)(H,23,24,26). The molecule has 1 aromatic heterocycles. The molecule has 1 aromatic rings. The molecule has 2 fully saturated rings. The van der Waals surface area contributed by atoms with Crippen LogP contribution in [0.15, 0.2) is 6.07 Å². The Balaban J connectivity index is 1.72. The van der Waals surface area contributed by atoms with Crippen LogP contribution in [0.2, 0.25) is 0 Å². The minimum atomic E-state index is -0.840. The molecule has 2 heterocycles. The fourth-order valence-electron chi connectivity index (χ4n) is 4.55. The number of aryl methyl sites for hydroxylation is 1. The first-order valence-corrected chi connectivity index (χ1v) is 11.2. The van der Waals surface area contributed by atoms with Crippen molar-refractivity contribution >= 4 is 24.1 Å². The number of rotatable bonds is 8. The number of piperazine rings is 1. The lowest BCUT2D eigenvalue weighted by Crippen LogP contribution is -2.52. The van der Waals surface area contributed by atoms with Crippen molar-refractivity contribution in [2.45, 2.75) is 58.9 Å². The summed E-state index contributed by atoms with van der Waals surface area (Å²) in [5.74, 6) is 1.42. The molecule has 1 atom stereocenters. The molecule has 1 aliphatic heterocycles. The Morgan fingerprint density at radius 1 is 1.42 bits per heavy atom. The highest BCUT2D eigenvalue weighted by Crippen LogP contribution is 2.39. The third-order valence-electron chi connectivity index (χ3n) is 6.54. The molecule has 0 spiro atoms. The minimum Gasteiger partial charge on any atom is -0.351 e. The van der Waals surface area contributed by atoms with E-state index in [0.29, 0.717) is 42.2 Å². The summed E-state index contributed by atoms with van der Waals surface area (Å²) >= 11 is 0. The minimum absolute atomic E-state index is 0.0321. The predicted octanol–water partition coefficient (Wildman–Crippen LogP) is 1.46. The zero-order chi connectivity index (χ0) is 22.4. The molecule has 31 heavy (non-hydrogen) atoms. The van der Waals surface area contributed by atoms with Crippen LogP contribution in [0.5, 0.6) is 0 Å². The van der Waals surface area contributed by atoms with Crippen LogP contribution in [0.4, 0.5) is 11.8 Å². The fraction of sp³-hybridized carbons (Fsp3) is 0.714. The lowest BCUT2D eigenvalue weighted by atomic mass is 9.70. The first kappa shape index (κ1) is 23.2. The Morgan fingerprint density at radius 3 is 2.84 bits per heavy atom. The van der Waals surface area contributed by atoms with Gasteiger partial charge in [0.1, 0.15) is 5.82 Å². The van der Waals surface area contributed by atoms with E-state index >= 15 is 0 Å². The molecule has 2 aliphatic rings. The van der Waals surface area contributed by atoms with Crippen LogP contribution in [0.3, 0.4) is 0 Å². The van der Waals surface area contributed by atoms with Crippen molar-refractivity contribution in [3.63, 3.8) is 0 Å². The van der Waals surface area contributed by atoms with E-state index in [2.05, 4.69) is 44.9 Å². The molecule has 1 unspecified atom stereocenters. The predicted molar refractivity (Wildman–Crippen MR) is 117 cm³/mol. The smallest absolute Gasteiger partial charge is 0.246 e. The SMILES string of the molecule is CCC1CNCCN1c1cc(C)nc(NNC(=O)C2(CN(O)C=O)CCC(C)CC2)n1. The number of nitrogens with zero attached hydrogens (tertiary/aromatic N) is 4. The molecule has 0 radical (unpaired) electrons. The molecule has 2 amide bonds. The maximum absolute atomic E-state index is 13.1. The van der Waals surface area contributed by atoms with Crippen LogP contribution in [-0.4, -0.2) is 64.8 Å². The van der Waals surface area contributed by atoms with Crippen molar-refractivity contribution in [1.29, 1.82) is 0 Å². The lowest BCUT2D eigenvalue weighted by molar-refractivity contribution is -0.163. The average molecular weight is 434 g/mol. The Hall–Kier alpha value is -2.46. The van der Waals surface area contributed by atoms with Crippen molar-refractivity contribution in [3.8, 4) is 0 Å². The van der Waals surface area contributed by atoms with Crippen LogP contribution in [0.25, 0.3) is 0 Å². The second kappa shape index (κ2) is 10.2. The molecular weight excluding hydrogens is 398 g/mol. The summed E-state index contributed by atoms with van der Waals surface area (Å²) in [4.78, 5) is 35.4. The van der Waals surface area contributed by atoms with Crippen molar-refractivity contribution < 1.29 is 14.8 Å². The second-order valence-electron chi connectivity index (χ2n) is 8.90. The zero-order valence-corrected chi connectivity index (χ0v) is 18.7. The first-order chi connectivity index (χ1) is 14.9. The fourth-order valence-corrected chi connectivity index (χ4v) is 4.55. The van der Waals surface area contributed by atoms with Gasteiger partial charge in [-0.3, -0.25) is 25.6 Å². The van der Waals surface area contributed by atoms with Crippen LogP contribution in [0.1, 0.15) is 51.6 Å². The number of hydrogen-bond donors (Lipinski definition) is 4. The number of hydroxylamine groups is 2. The Kier molecular flexibility index (Phi) is 7.66. The van der Waals surface area contributed by atoms with E-state index in [9.17, 15) is 14.8 Å². The van der Waals surface area contributed by atoms with E-state index in [1.54, 1.807) is 0 Å². The quantitative estimate of drug-likeness (QED) is 0.276. The Labute approximate surface area is 183 Å². The first-order valence-electron chi connectivity index (χ1n) is 11.2. The van der Waals surface area contributed by atoms with Gasteiger partial charge in [-0.25, -0.2) is 10.0 Å². The summed E-state index contributed by atoms with van der Waals surface area (Å²) in [6.45, 7) is 8.85. The van der Waals surface area contributed by atoms with E-state index in [-0.39, 0.29) is 12.5 Å². The zero-order valence-electron chi connectivity index (χ0n) is 18.7. The molecule has 1 saturated carbocycles. The molecule has 0 aromatic carbocycles. The summed E-state index contributed by atoms with van der Waals surface area (Å²) in [5, 5.41) is 13.7. The number of carbonyl (C=O) groups excluding carboxylic acids is 2. The van der Waals surface area contributed by atoms with E-state index < -0.39 is 5.41 Å². The largest absolute Gasteiger partial charge is 0.351 e. The molecule has 3 rings (SSSR count). The maximum Gasteiger partial charge on any atom is 0.246 e. The topological polar surface area (TPSA) is 123 Å². The summed E-state index contributed by atoms with van der Waals surface area (Å²) in [7, 11) is 0. The molecule has 172 valence electrons. The van der Waals surface area contributed by atoms with Gasteiger partial charge in [-0.2, -0.15) is 4.98 Å². The molecular formula is C21H35N7O3. The van der Waals surface area contributed by atoms with E-state index in [0.717, 1.165) is 50.4 Å². The Morgan fingerprint density at radius 2 is 2.16 bits per heavy atom. The highest BCUT2D eigenvalue weighted by Gasteiger charge is 2.42. The van der Waals surface area contributed by atoms with E-state index in [1.807, 2.05) is 13.0 Å². The number of hydrogen-bond acceptors (Lipinski definition) is 8. The van der Waals surface area contributed by atoms with Gasteiger partial charge in [0.25, 0.3) is 0 Å². The maximum atomic E-state index is 13.1. The van der Waals surface area contributed by atoms with Crippen molar-refractivity contribution in [1.82, 2.24) is 25.8 Å². The van der Waals surface area contributed by atoms with Gasteiger partial charge in [-0.05, 0) is 44.9 Å². The number of hydrazine groups is 1.